The van der Waals surface area contributed by atoms with Crippen molar-refractivity contribution in [2.75, 3.05) is 24.6 Å². The van der Waals surface area contributed by atoms with E-state index in [9.17, 15) is 9.59 Å². The Kier molecular flexibility index (Phi) is 5.89. The predicted octanol–water partition coefficient (Wildman–Crippen LogP) is 3.66. The van der Waals surface area contributed by atoms with E-state index in [1.165, 1.54) is 12.8 Å². The van der Waals surface area contributed by atoms with Crippen molar-refractivity contribution in [3.63, 3.8) is 0 Å². The number of nitrogen functional groups attached to an aromatic ring is 2. The summed E-state index contributed by atoms with van der Waals surface area (Å²) in [4.78, 5) is 27.9. The first kappa shape index (κ1) is 22.3. The second-order valence-corrected chi connectivity index (χ2v) is 9.65. The third kappa shape index (κ3) is 4.32. The number of nitrogens with zero attached hydrogens (tertiary/aromatic N) is 3. The molecule has 5 N–H and O–H groups in total. The van der Waals surface area contributed by atoms with Crippen LogP contribution in [0.3, 0.4) is 0 Å². The minimum atomic E-state index is -0.123. The van der Waals surface area contributed by atoms with Gasteiger partial charge in [0.05, 0.1) is 17.3 Å². The number of carbonyl (C=O) groups excluding carboxylic acids is 2. The van der Waals surface area contributed by atoms with E-state index in [1.54, 1.807) is 23.1 Å². The summed E-state index contributed by atoms with van der Waals surface area (Å²) in [5.74, 6) is -0.239. The fraction of sp³-hybridized carbons (Fsp3) is 0.423. The Balaban J connectivity index is 1.29. The van der Waals surface area contributed by atoms with E-state index in [0.717, 1.165) is 42.3 Å². The monoisotopic (exact) mass is 460 g/mol. The molecule has 1 aliphatic heterocycles. The van der Waals surface area contributed by atoms with E-state index in [0.29, 0.717) is 41.6 Å². The van der Waals surface area contributed by atoms with Gasteiger partial charge in [-0.3, -0.25) is 14.3 Å². The van der Waals surface area contributed by atoms with Crippen molar-refractivity contribution in [2.45, 2.75) is 57.5 Å². The summed E-state index contributed by atoms with van der Waals surface area (Å²) in [6, 6.07) is 11.1. The number of hydrogen-bond donors (Lipinski definition) is 3. The highest BCUT2D eigenvalue weighted by molar-refractivity contribution is 5.99. The number of likely N-dealkylation sites (tertiary alicyclic amines) is 1. The van der Waals surface area contributed by atoms with E-state index in [-0.39, 0.29) is 17.9 Å². The standard InChI is InChI=1S/C26H32N6O2/c1-16-23-13-17(8-9-24(23)32(30-16)22-6-2-3-7-22)25(33)29-21-5-4-10-31(15-21)26(34)18-11-19(27)14-20(28)12-18/h8-9,11-14,21-22H,2-7,10,15,27-28H2,1H3,(H,29,33). The molecule has 1 saturated heterocycles. The number of fused-ring (bicyclic) bond motifs is 1. The van der Waals surface area contributed by atoms with Crippen LogP contribution in [0.25, 0.3) is 10.9 Å². The van der Waals surface area contributed by atoms with Gasteiger partial charge in [-0.2, -0.15) is 5.10 Å². The molecule has 0 radical (unpaired) electrons. The summed E-state index contributed by atoms with van der Waals surface area (Å²) in [6.45, 7) is 3.11. The molecule has 178 valence electrons. The lowest BCUT2D eigenvalue weighted by Crippen LogP contribution is -2.49. The maximum Gasteiger partial charge on any atom is 0.254 e. The number of anilines is 2. The van der Waals surface area contributed by atoms with Gasteiger partial charge in [0.2, 0.25) is 0 Å². The van der Waals surface area contributed by atoms with Crippen LogP contribution in [0.2, 0.25) is 0 Å². The summed E-state index contributed by atoms with van der Waals surface area (Å²) < 4.78 is 2.15. The Bertz CT molecular complexity index is 1220. The average Bonchev–Trinajstić information content (AvgIpc) is 3.46. The number of hydrogen-bond acceptors (Lipinski definition) is 5. The SMILES string of the molecule is Cc1nn(C2CCCC2)c2ccc(C(=O)NC3CCCN(C(=O)c4cc(N)cc(N)c4)C3)cc12. The van der Waals surface area contributed by atoms with Crippen molar-refractivity contribution in [3.8, 4) is 0 Å². The fourth-order valence-corrected chi connectivity index (χ4v) is 5.39. The highest BCUT2D eigenvalue weighted by Gasteiger charge is 2.27. The van der Waals surface area contributed by atoms with Gasteiger partial charge in [0.1, 0.15) is 0 Å². The lowest BCUT2D eigenvalue weighted by Gasteiger charge is -2.33. The minimum Gasteiger partial charge on any atom is -0.399 e. The molecule has 2 amide bonds. The number of aryl methyl sites for hydroxylation is 1. The third-order valence-electron chi connectivity index (χ3n) is 7.09. The zero-order valence-electron chi connectivity index (χ0n) is 19.6. The molecule has 2 aliphatic rings. The largest absolute Gasteiger partial charge is 0.399 e. The van der Waals surface area contributed by atoms with E-state index in [2.05, 4.69) is 10.00 Å². The molecule has 0 bridgehead atoms. The molecular formula is C26H32N6O2. The van der Waals surface area contributed by atoms with Crippen molar-refractivity contribution in [2.24, 2.45) is 0 Å². The fourth-order valence-electron chi connectivity index (χ4n) is 5.39. The van der Waals surface area contributed by atoms with Crippen LogP contribution in [-0.2, 0) is 0 Å². The normalized spacial score (nSPS) is 19.0. The van der Waals surface area contributed by atoms with Crippen LogP contribution in [0.4, 0.5) is 11.4 Å². The maximum atomic E-state index is 13.1. The Labute approximate surface area is 199 Å². The van der Waals surface area contributed by atoms with Gasteiger partial charge in [0, 0.05) is 47.0 Å². The van der Waals surface area contributed by atoms with Gasteiger partial charge in [-0.25, -0.2) is 0 Å². The first-order chi connectivity index (χ1) is 16.4. The zero-order valence-corrected chi connectivity index (χ0v) is 19.6. The molecule has 1 aliphatic carbocycles. The number of nitrogens with two attached hydrogens (primary N) is 2. The summed E-state index contributed by atoms with van der Waals surface area (Å²) >= 11 is 0. The molecule has 5 rings (SSSR count). The summed E-state index contributed by atoms with van der Waals surface area (Å²) in [5.41, 5.74) is 15.8. The number of rotatable bonds is 4. The van der Waals surface area contributed by atoms with Crippen LogP contribution >= 0.6 is 0 Å². The summed E-state index contributed by atoms with van der Waals surface area (Å²) in [6.07, 6.45) is 6.47. The molecule has 1 unspecified atom stereocenters. The van der Waals surface area contributed by atoms with Gasteiger partial charge in [-0.15, -0.1) is 0 Å². The molecule has 2 heterocycles. The second kappa shape index (κ2) is 9.00. The van der Waals surface area contributed by atoms with Crippen LogP contribution in [0, 0.1) is 6.92 Å². The van der Waals surface area contributed by atoms with Crippen LogP contribution < -0.4 is 16.8 Å². The Morgan fingerprint density at radius 3 is 2.44 bits per heavy atom. The molecule has 1 saturated carbocycles. The molecule has 1 aromatic heterocycles. The number of nitrogens with one attached hydrogen (secondary N) is 1. The van der Waals surface area contributed by atoms with Crippen LogP contribution in [0.1, 0.15) is 71.0 Å². The lowest BCUT2D eigenvalue weighted by atomic mass is 10.0. The predicted molar refractivity (Wildman–Crippen MR) is 134 cm³/mol. The number of carbonyl (C=O) groups is 2. The Morgan fingerprint density at radius 1 is 0.971 bits per heavy atom. The number of amides is 2. The van der Waals surface area contributed by atoms with Gasteiger partial charge in [-0.1, -0.05) is 12.8 Å². The summed E-state index contributed by atoms with van der Waals surface area (Å²) in [7, 11) is 0. The highest BCUT2D eigenvalue weighted by atomic mass is 16.2. The first-order valence-corrected chi connectivity index (χ1v) is 12.1. The molecule has 2 aromatic carbocycles. The topological polar surface area (TPSA) is 119 Å². The van der Waals surface area contributed by atoms with Gasteiger partial charge in [0.25, 0.3) is 11.8 Å². The summed E-state index contributed by atoms with van der Waals surface area (Å²) in [5, 5.41) is 8.94. The van der Waals surface area contributed by atoms with Crippen molar-refractivity contribution in [3.05, 3.63) is 53.2 Å². The average molecular weight is 461 g/mol. The Hall–Kier alpha value is -3.55. The van der Waals surface area contributed by atoms with Crippen LogP contribution in [0.15, 0.2) is 36.4 Å². The van der Waals surface area contributed by atoms with Gasteiger partial charge >= 0.3 is 0 Å². The molecule has 8 heteroatoms. The lowest BCUT2D eigenvalue weighted by molar-refractivity contribution is 0.0676. The van der Waals surface area contributed by atoms with E-state index in [4.69, 9.17) is 16.6 Å². The number of benzene rings is 2. The molecule has 34 heavy (non-hydrogen) atoms. The molecular weight excluding hydrogens is 428 g/mol. The van der Waals surface area contributed by atoms with Crippen molar-refractivity contribution >= 4 is 34.1 Å². The highest BCUT2D eigenvalue weighted by Crippen LogP contribution is 2.33. The van der Waals surface area contributed by atoms with Crippen LogP contribution in [-0.4, -0.2) is 45.6 Å². The maximum absolute atomic E-state index is 13.1. The molecule has 1 atom stereocenters. The minimum absolute atomic E-state index is 0.110. The second-order valence-electron chi connectivity index (χ2n) is 9.65. The van der Waals surface area contributed by atoms with E-state index < -0.39 is 0 Å². The zero-order chi connectivity index (χ0) is 23.8. The Morgan fingerprint density at radius 2 is 1.71 bits per heavy atom. The van der Waals surface area contributed by atoms with E-state index in [1.807, 2.05) is 25.1 Å². The van der Waals surface area contributed by atoms with Crippen molar-refractivity contribution in [1.82, 2.24) is 20.0 Å². The molecule has 0 spiro atoms. The van der Waals surface area contributed by atoms with Crippen molar-refractivity contribution in [1.29, 1.82) is 0 Å². The van der Waals surface area contributed by atoms with E-state index >= 15 is 0 Å². The molecule has 8 nitrogen and oxygen atoms in total. The van der Waals surface area contributed by atoms with Crippen LogP contribution in [0.5, 0.6) is 0 Å². The first-order valence-electron chi connectivity index (χ1n) is 12.1. The van der Waals surface area contributed by atoms with Gasteiger partial charge in [0.15, 0.2) is 0 Å². The smallest absolute Gasteiger partial charge is 0.254 e. The molecule has 3 aromatic rings. The molecule has 2 fully saturated rings. The number of piperidine rings is 1. The van der Waals surface area contributed by atoms with Gasteiger partial charge < -0.3 is 21.7 Å². The van der Waals surface area contributed by atoms with Crippen molar-refractivity contribution < 1.29 is 9.59 Å². The third-order valence-corrected chi connectivity index (χ3v) is 7.09. The quantitative estimate of drug-likeness (QED) is 0.513. The van der Waals surface area contributed by atoms with Gasteiger partial charge in [-0.05, 0) is 69.0 Å². The number of aromatic nitrogens is 2.